The lowest BCUT2D eigenvalue weighted by atomic mass is 10.1. The zero-order chi connectivity index (χ0) is 12.2. The number of hydrogen-bond acceptors (Lipinski definition) is 3. The van der Waals surface area contributed by atoms with E-state index in [-0.39, 0.29) is 11.9 Å². The van der Waals surface area contributed by atoms with Gasteiger partial charge in [0.2, 0.25) is 5.91 Å². The van der Waals surface area contributed by atoms with Crippen molar-refractivity contribution in [1.29, 1.82) is 0 Å². The first kappa shape index (κ1) is 13.6. The lowest BCUT2D eigenvalue weighted by Crippen LogP contribution is -2.51. The lowest BCUT2D eigenvalue weighted by molar-refractivity contribution is -0.130. The van der Waals surface area contributed by atoms with Gasteiger partial charge < -0.3 is 5.32 Å². The predicted octanol–water partition coefficient (Wildman–Crippen LogP) is 0.393. The number of carbonyl (C=O) groups excluding carboxylic acids is 1. The molecule has 0 unspecified atom stereocenters. The van der Waals surface area contributed by atoms with Crippen LogP contribution in [0.15, 0.2) is 0 Å². The standard InChI is InChI=1S/C9H21N4O2P/c1-2-3-6-12-8-5-4-7-13(9(8)14)16(10,11)15/h8,12H,2-7H2,1H3,(H4,10,11,15)/t8-/m0/s1. The molecule has 0 bridgehead atoms. The summed E-state index contributed by atoms with van der Waals surface area (Å²) in [6, 6.07) is -0.277. The summed E-state index contributed by atoms with van der Waals surface area (Å²) in [6.45, 7) is 3.28. The number of nitrogens with two attached hydrogens (primary N) is 2. The molecule has 94 valence electrons. The molecule has 1 amide bonds. The zero-order valence-electron chi connectivity index (χ0n) is 9.69. The molecule has 1 heterocycles. The minimum Gasteiger partial charge on any atom is -0.306 e. The lowest BCUT2D eigenvalue weighted by Gasteiger charge is -2.34. The van der Waals surface area contributed by atoms with Gasteiger partial charge in [0.15, 0.2) is 0 Å². The average molecular weight is 248 g/mol. The Morgan fingerprint density at radius 3 is 2.81 bits per heavy atom. The maximum atomic E-state index is 11.9. The van der Waals surface area contributed by atoms with Gasteiger partial charge in [0.25, 0.3) is 0 Å². The van der Waals surface area contributed by atoms with Crippen LogP contribution in [-0.4, -0.2) is 29.7 Å². The SMILES string of the molecule is CCCCN[C@H]1CCCN(P(N)(N)=O)C1=O. The first-order valence-electron chi connectivity index (χ1n) is 5.69. The van der Waals surface area contributed by atoms with Crippen molar-refractivity contribution in [2.45, 2.75) is 38.6 Å². The van der Waals surface area contributed by atoms with Crippen LogP contribution < -0.4 is 16.3 Å². The van der Waals surface area contributed by atoms with Gasteiger partial charge in [0, 0.05) is 6.54 Å². The van der Waals surface area contributed by atoms with Crippen LogP contribution in [0.3, 0.4) is 0 Å². The van der Waals surface area contributed by atoms with Crippen molar-refractivity contribution in [3.63, 3.8) is 0 Å². The Labute approximate surface area is 96.3 Å². The number of rotatable bonds is 5. The molecule has 5 N–H and O–H groups in total. The second kappa shape index (κ2) is 5.77. The first-order chi connectivity index (χ1) is 7.46. The van der Waals surface area contributed by atoms with Crippen LogP contribution in [0.2, 0.25) is 0 Å². The summed E-state index contributed by atoms with van der Waals surface area (Å²) in [5.41, 5.74) is 10.7. The van der Waals surface area contributed by atoms with Gasteiger partial charge in [0.05, 0.1) is 6.04 Å². The minimum atomic E-state index is -3.43. The smallest absolute Gasteiger partial charge is 0.302 e. The van der Waals surface area contributed by atoms with Crippen LogP contribution in [-0.2, 0) is 9.36 Å². The molecule has 0 aliphatic carbocycles. The van der Waals surface area contributed by atoms with Crippen molar-refractivity contribution in [2.24, 2.45) is 11.0 Å². The Morgan fingerprint density at radius 1 is 1.56 bits per heavy atom. The third kappa shape index (κ3) is 3.56. The highest BCUT2D eigenvalue weighted by Crippen LogP contribution is 2.35. The fourth-order valence-corrected chi connectivity index (χ4v) is 2.71. The van der Waals surface area contributed by atoms with E-state index in [2.05, 4.69) is 12.2 Å². The van der Waals surface area contributed by atoms with Crippen molar-refractivity contribution in [1.82, 2.24) is 9.99 Å². The van der Waals surface area contributed by atoms with E-state index < -0.39 is 7.59 Å². The summed E-state index contributed by atoms with van der Waals surface area (Å²) < 4.78 is 12.6. The fourth-order valence-electron chi connectivity index (χ4n) is 1.81. The summed E-state index contributed by atoms with van der Waals surface area (Å²) in [4.78, 5) is 11.9. The van der Waals surface area contributed by atoms with Crippen molar-refractivity contribution < 1.29 is 9.36 Å². The maximum Gasteiger partial charge on any atom is 0.302 e. The average Bonchev–Trinajstić information content (AvgIpc) is 2.19. The van der Waals surface area contributed by atoms with E-state index >= 15 is 0 Å². The van der Waals surface area contributed by atoms with E-state index in [0.29, 0.717) is 6.54 Å². The Bertz CT molecular complexity index is 291. The molecule has 1 fully saturated rings. The zero-order valence-corrected chi connectivity index (χ0v) is 10.6. The largest absolute Gasteiger partial charge is 0.306 e. The Balaban J connectivity index is 2.54. The highest BCUT2D eigenvalue weighted by molar-refractivity contribution is 7.57. The summed E-state index contributed by atoms with van der Waals surface area (Å²) in [5.74, 6) is -0.226. The molecule has 0 aromatic rings. The van der Waals surface area contributed by atoms with Gasteiger partial charge in [-0.25, -0.2) is 0 Å². The topological polar surface area (TPSA) is 101 Å². The van der Waals surface area contributed by atoms with Crippen LogP contribution in [0.25, 0.3) is 0 Å². The molecule has 0 spiro atoms. The van der Waals surface area contributed by atoms with Gasteiger partial charge in [-0.05, 0) is 25.8 Å². The number of piperidine rings is 1. The Morgan fingerprint density at radius 2 is 2.25 bits per heavy atom. The van der Waals surface area contributed by atoms with Gasteiger partial charge >= 0.3 is 7.59 Å². The van der Waals surface area contributed by atoms with Crippen LogP contribution in [0, 0.1) is 0 Å². The number of amides is 1. The van der Waals surface area contributed by atoms with Crippen molar-refractivity contribution >= 4 is 13.5 Å². The van der Waals surface area contributed by atoms with Crippen molar-refractivity contribution in [3.05, 3.63) is 0 Å². The van der Waals surface area contributed by atoms with E-state index in [0.717, 1.165) is 36.9 Å². The van der Waals surface area contributed by atoms with Gasteiger partial charge in [-0.2, -0.15) is 0 Å². The molecule has 1 atom stereocenters. The number of nitrogens with zero attached hydrogens (tertiary/aromatic N) is 1. The summed E-state index contributed by atoms with van der Waals surface area (Å²) in [6.07, 6.45) is 3.64. The molecule has 1 aliphatic heterocycles. The van der Waals surface area contributed by atoms with Gasteiger partial charge in [-0.1, -0.05) is 13.3 Å². The second-order valence-electron chi connectivity index (χ2n) is 4.14. The van der Waals surface area contributed by atoms with E-state index in [4.69, 9.17) is 11.0 Å². The fraction of sp³-hybridized carbons (Fsp3) is 0.889. The highest BCUT2D eigenvalue weighted by atomic mass is 31.2. The number of hydrogen-bond donors (Lipinski definition) is 3. The summed E-state index contributed by atoms with van der Waals surface area (Å²) >= 11 is 0. The molecule has 7 heteroatoms. The molecule has 0 radical (unpaired) electrons. The highest BCUT2D eigenvalue weighted by Gasteiger charge is 2.35. The molecule has 0 aromatic heterocycles. The van der Waals surface area contributed by atoms with Gasteiger partial charge in [-0.15, -0.1) is 0 Å². The molecular weight excluding hydrogens is 227 g/mol. The second-order valence-corrected chi connectivity index (χ2v) is 5.96. The molecule has 6 nitrogen and oxygen atoms in total. The van der Waals surface area contributed by atoms with E-state index in [1.54, 1.807) is 0 Å². The predicted molar refractivity (Wildman–Crippen MR) is 63.6 cm³/mol. The van der Waals surface area contributed by atoms with Crippen LogP contribution in [0.5, 0.6) is 0 Å². The van der Waals surface area contributed by atoms with E-state index in [9.17, 15) is 9.36 Å². The van der Waals surface area contributed by atoms with Gasteiger partial charge in [0.1, 0.15) is 0 Å². The third-order valence-corrected chi connectivity index (χ3v) is 3.87. The van der Waals surface area contributed by atoms with Crippen LogP contribution in [0.4, 0.5) is 0 Å². The molecule has 1 rings (SSSR count). The molecule has 0 saturated carbocycles. The minimum absolute atomic E-state index is 0.226. The number of unbranched alkanes of at least 4 members (excludes halogenated alkanes) is 1. The molecule has 1 aliphatic rings. The molecular formula is C9H21N4O2P. The van der Waals surface area contributed by atoms with Crippen LogP contribution in [0.1, 0.15) is 32.6 Å². The van der Waals surface area contributed by atoms with Gasteiger partial charge in [-0.3, -0.25) is 25.0 Å². The maximum absolute atomic E-state index is 11.9. The van der Waals surface area contributed by atoms with E-state index in [1.165, 1.54) is 0 Å². The number of nitrogens with one attached hydrogen (secondary N) is 1. The Kier molecular flexibility index (Phi) is 4.92. The molecule has 16 heavy (non-hydrogen) atoms. The normalized spacial score (nSPS) is 22.6. The van der Waals surface area contributed by atoms with Crippen LogP contribution >= 0.6 is 7.59 Å². The summed E-state index contributed by atoms with van der Waals surface area (Å²) in [5, 5.41) is 3.15. The molecule has 1 saturated heterocycles. The van der Waals surface area contributed by atoms with Crippen molar-refractivity contribution in [2.75, 3.05) is 13.1 Å². The monoisotopic (exact) mass is 248 g/mol. The first-order valence-corrected chi connectivity index (χ1v) is 7.49. The Hall–Kier alpha value is -0.420. The van der Waals surface area contributed by atoms with E-state index in [1.807, 2.05) is 0 Å². The quantitative estimate of drug-likeness (QED) is 0.482. The summed E-state index contributed by atoms with van der Waals surface area (Å²) in [7, 11) is -3.43. The number of carbonyl (C=O) groups is 1. The third-order valence-electron chi connectivity index (χ3n) is 2.71. The van der Waals surface area contributed by atoms with Crippen molar-refractivity contribution in [3.8, 4) is 0 Å². The molecule has 0 aromatic carbocycles.